The normalized spacial score (nSPS) is 11.8. The van der Waals surface area contributed by atoms with Crippen molar-refractivity contribution in [1.82, 2.24) is 14.5 Å². The molecule has 0 spiro atoms. The number of benzene rings is 1. The quantitative estimate of drug-likeness (QED) is 0.795. The zero-order valence-electron chi connectivity index (χ0n) is 12.1. The average molecular weight is 269 g/mol. The van der Waals surface area contributed by atoms with E-state index in [0.717, 1.165) is 29.8 Å². The summed E-state index contributed by atoms with van der Waals surface area (Å²) < 4.78 is 2.26. The van der Waals surface area contributed by atoms with Gasteiger partial charge in [0.1, 0.15) is 5.75 Å². The fraction of sp³-hybridized carbons (Fsp3) is 0.312. The topological polar surface area (TPSA) is 41.3 Å². The minimum atomic E-state index is 0.303. The molecule has 0 saturated carbocycles. The Balaban J connectivity index is 2.33. The van der Waals surface area contributed by atoms with Crippen molar-refractivity contribution in [3.05, 3.63) is 36.2 Å². The molecule has 104 valence electrons. The van der Waals surface area contributed by atoms with E-state index < -0.39 is 0 Å². The van der Waals surface area contributed by atoms with Crippen molar-refractivity contribution >= 4 is 21.8 Å². The van der Waals surface area contributed by atoms with E-state index in [0.29, 0.717) is 5.75 Å². The van der Waals surface area contributed by atoms with E-state index >= 15 is 0 Å². The Morgan fingerprint density at radius 2 is 2.00 bits per heavy atom. The Bertz CT molecular complexity index is 774. The maximum atomic E-state index is 9.79. The van der Waals surface area contributed by atoms with E-state index in [1.807, 2.05) is 31.3 Å². The standard InChI is InChI=1S/C16H19N3O/c1-11-16-14(6-7-17-11)13-5-4-12(20)10-15(13)19(16)9-8-18(2)3/h4-7,10,20H,8-9H2,1-3H3. The highest BCUT2D eigenvalue weighted by Crippen LogP contribution is 2.32. The van der Waals surface area contributed by atoms with Gasteiger partial charge in [0.2, 0.25) is 0 Å². The molecule has 1 aromatic carbocycles. The van der Waals surface area contributed by atoms with Gasteiger partial charge in [0.25, 0.3) is 0 Å². The minimum Gasteiger partial charge on any atom is -0.508 e. The molecule has 0 fully saturated rings. The van der Waals surface area contributed by atoms with E-state index in [1.54, 1.807) is 6.07 Å². The lowest BCUT2D eigenvalue weighted by atomic mass is 10.1. The van der Waals surface area contributed by atoms with Crippen LogP contribution in [0.4, 0.5) is 0 Å². The molecule has 0 atom stereocenters. The van der Waals surface area contributed by atoms with Crippen LogP contribution in [0.5, 0.6) is 5.75 Å². The molecule has 4 heteroatoms. The molecular weight excluding hydrogens is 250 g/mol. The third-order valence-corrected chi connectivity index (χ3v) is 3.71. The number of aryl methyl sites for hydroxylation is 1. The second kappa shape index (κ2) is 4.80. The predicted molar refractivity (Wildman–Crippen MR) is 82.2 cm³/mol. The summed E-state index contributed by atoms with van der Waals surface area (Å²) in [6.07, 6.45) is 1.85. The molecule has 1 N–H and O–H groups in total. The van der Waals surface area contributed by atoms with Gasteiger partial charge in [-0.25, -0.2) is 0 Å². The molecule has 0 bridgehead atoms. The van der Waals surface area contributed by atoms with Crippen molar-refractivity contribution in [2.24, 2.45) is 0 Å². The van der Waals surface area contributed by atoms with Crippen LogP contribution in [-0.2, 0) is 6.54 Å². The predicted octanol–water partition coefficient (Wildman–Crippen LogP) is 2.77. The van der Waals surface area contributed by atoms with Gasteiger partial charge in [-0.2, -0.15) is 0 Å². The van der Waals surface area contributed by atoms with Gasteiger partial charge in [-0.15, -0.1) is 0 Å². The van der Waals surface area contributed by atoms with Gasteiger partial charge in [-0.1, -0.05) is 0 Å². The van der Waals surface area contributed by atoms with Crippen LogP contribution in [0, 0.1) is 6.92 Å². The van der Waals surface area contributed by atoms with Crippen LogP contribution < -0.4 is 0 Å². The van der Waals surface area contributed by atoms with E-state index in [-0.39, 0.29) is 0 Å². The first-order valence-corrected chi connectivity index (χ1v) is 6.79. The summed E-state index contributed by atoms with van der Waals surface area (Å²) in [6, 6.07) is 7.62. The lowest BCUT2D eigenvalue weighted by Crippen LogP contribution is -2.18. The van der Waals surface area contributed by atoms with Crippen molar-refractivity contribution in [2.45, 2.75) is 13.5 Å². The van der Waals surface area contributed by atoms with Gasteiger partial charge in [0.05, 0.1) is 16.7 Å². The molecule has 20 heavy (non-hydrogen) atoms. The van der Waals surface area contributed by atoms with Crippen LogP contribution in [0.2, 0.25) is 0 Å². The number of hydrogen-bond acceptors (Lipinski definition) is 3. The second-order valence-electron chi connectivity index (χ2n) is 5.45. The van der Waals surface area contributed by atoms with E-state index in [1.165, 1.54) is 10.8 Å². The third-order valence-electron chi connectivity index (χ3n) is 3.71. The fourth-order valence-electron chi connectivity index (χ4n) is 2.74. The van der Waals surface area contributed by atoms with Crippen LogP contribution >= 0.6 is 0 Å². The van der Waals surface area contributed by atoms with Crippen LogP contribution in [0.3, 0.4) is 0 Å². The lowest BCUT2D eigenvalue weighted by Gasteiger charge is -2.13. The Labute approximate surface area is 118 Å². The minimum absolute atomic E-state index is 0.303. The van der Waals surface area contributed by atoms with Crippen LogP contribution in [0.15, 0.2) is 30.5 Å². The Kier molecular flexibility index (Phi) is 3.10. The summed E-state index contributed by atoms with van der Waals surface area (Å²) in [4.78, 5) is 6.57. The number of aromatic hydroxyl groups is 1. The lowest BCUT2D eigenvalue weighted by molar-refractivity contribution is 0.389. The van der Waals surface area contributed by atoms with Crippen molar-refractivity contribution in [3.63, 3.8) is 0 Å². The molecule has 0 aliphatic rings. The molecule has 0 unspecified atom stereocenters. The van der Waals surface area contributed by atoms with Crippen molar-refractivity contribution in [2.75, 3.05) is 20.6 Å². The molecule has 0 saturated heterocycles. The molecule has 3 aromatic rings. The highest BCUT2D eigenvalue weighted by molar-refractivity contribution is 6.08. The maximum absolute atomic E-state index is 9.79. The highest BCUT2D eigenvalue weighted by atomic mass is 16.3. The molecule has 2 heterocycles. The number of pyridine rings is 1. The van der Waals surface area contributed by atoms with Gasteiger partial charge < -0.3 is 14.6 Å². The Morgan fingerprint density at radius 3 is 2.75 bits per heavy atom. The van der Waals surface area contributed by atoms with Gasteiger partial charge in [0, 0.05) is 36.1 Å². The number of rotatable bonds is 3. The second-order valence-corrected chi connectivity index (χ2v) is 5.45. The molecule has 3 rings (SSSR count). The third kappa shape index (κ3) is 2.02. The molecule has 2 aromatic heterocycles. The fourth-order valence-corrected chi connectivity index (χ4v) is 2.74. The summed E-state index contributed by atoms with van der Waals surface area (Å²) in [6.45, 7) is 3.86. The highest BCUT2D eigenvalue weighted by Gasteiger charge is 2.13. The molecule has 0 radical (unpaired) electrons. The van der Waals surface area contributed by atoms with Crippen LogP contribution in [0.25, 0.3) is 21.8 Å². The van der Waals surface area contributed by atoms with Crippen molar-refractivity contribution in [1.29, 1.82) is 0 Å². The van der Waals surface area contributed by atoms with Gasteiger partial charge in [-0.3, -0.25) is 4.98 Å². The van der Waals surface area contributed by atoms with Crippen LogP contribution in [-0.4, -0.2) is 40.2 Å². The monoisotopic (exact) mass is 269 g/mol. The number of aromatic nitrogens is 2. The summed E-state index contributed by atoms with van der Waals surface area (Å²) in [5.41, 5.74) is 3.25. The average Bonchev–Trinajstić information content (AvgIpc) is 2.71. The molecule has 0 aliphatic carbocycles. The number of nitrogens with zero attached hydrogens (tertiary/aromatic N) is 3. The van der Waals surface area contributed by atoms with Gasteiger partial charge in [-0.05, 0) is 39.2 Å². The van der Waals surface area contributed by atoms with E-state index in [2.05, 4.69) is 28.5 Å². The summed E-state index contributed by atoms with van der Waals surface area (Å²) in [7, 11) is 4.13. The first-order chi connectivity index (χ1) is 9.58. The Morgan fingerprint density at radius 1 is 1.20 bits per heavy atom. The first-order valence-electron chi connectivity index (χ1n) is 6.79. The van der Waals surface area contributed by atoms with E-state index in [4.69, 9.17) is 0 Å². The van der Waals surface area contributed by atoms with Crippen molar-refractivity contribution < 1.29 is 5.11 Å². The zero-order valence-corrected chi connectivity index (χ0v) is 12.1. The van der Waals surface area contributed by atoms with E-state index in [9.17, 15) is 5.11 Å². The number of phenolic OH excluding ortho intramolecular Hbond substituents is 1. The number of fused-ring (bicyclic) bond motifs is 3. The first kappa shape index (κ1) is 12.9. The zero-order chi connectivity index (χ0) is 14.3. The smallest absolute Gasteiger partial charge is 0.117 e. The molecule has 0 aliphatic heterocycles. The van der Waals surface area contributed by atoms with Crippen LogP contribution in [0.1, 0.15) is 5.69 Å². The maximum Gasteiger partial charge on any atom is 0.117 e. The number of likely N-dealkylation sites (N-methyl/N-ethyl adjacent to an activating group) is 1. The van der Waals surface area contributed by atoms with Crippen molar-refractivity contribution in [3.8, 4) is 5.75 Å². The molecule has 0 amide bonds. The summed E-state index contributed by atoms with van der Waals surface area (Å²) in [5, 5.41) is 12.2. The Hall–Kier alpha value is -2.07. The molecule has 4 nitrogen and oxygen atoms in total. The summed E-state index contributed by atoms with van der Waals surface area (Å²) >= 11 is 0. The number of phenols is 1. The summed E-state index contributed by atoms with van der Waals surface area (Å²) in [5.74, 6) is 0.303. The number of hydrogen-bond donors (Lipinski definition) is 1. The van der Waals surface area contributed by atoms with Gasteiger partial charge >= 0.3 is 0 Å². The van der Waals surface area contributed by atoms with Gasteiger partial charge in [0.15, 0.2) is 0 Å². The largest absolute Gasteiger partial charge is 0.508 e. The SMILES string of the molecule is Cc1nccc2c3ccc(O)cc3n(CCN(C)C)c12. The molecular formula is C16H19N3O.